The average molecular weight is 293 g/mol. The highest BCUT2D eigenvalue weighted by molar-refractivity contribution is 7.15. The number of rotatable bonds is 3. The van der Waals surface area contributed by atoms with E-state index >= 15 is 0 Å². The second-order valence-electron chi connectivity index (χ2n) is 6.13. The normalized spacial score (nSPS) is 24.6. The molecule has 2 aromatic rings. The van der Waals surface area contributed by atoms with Crippen LogP contribution in [0.1, 0.15) is 31.7 Å². The summed E-state index contributed by atoms with van der Waals surface area (Å²) in [4.78, 5) is 17.4. The molecule has 0 spiro atoms. The van der Waals surface area contributed by atoms with Crippen molar-refractivity contribution in [2.45, 2.75) is 45.8 Å². The van der Waals surface area contributed by atoms with Crippen LogP contribution in [0.2, 0.25) is 0 Å². The van der Waals surface area contributed by atoms with Crippen molar-refractivity contribution in [2.75, 3.05) is 0 Å². The van der Waals surface area contributed by atoms with Crippen molar-refractivity contribution in [3.05, 3.63) is 23.0 Å². The van der Waals surface area contributed by atoms with Gasteiger partial charge in [-0.05, 0) is 13.3 Å². The molecule has 20 heavy (non-hydrogen) atoms. The van der Waals surface area contributed by atoms with E-state index in [9.17, 15) is 9.90 Å². The first-order valence-corrected chi connectivity index (χ1v) is 7.65. The zero-order chi connectivity index (χ0) is 14.5. The Kier molecular flexibility index (Phi) is 3.10. The molecule has 1 aliphatic rings. The highest BCUT2D eigenvalue weighted by Crippen LogP contribution is 2.40. The zero-order valence-corrected chi connectivity index (χ0v) is 12.7. The smallest absolute Gasteiger partial charge is 0.226 e. The molecule has 2 unspecified atom stereocenters. The maximum atomic E-state index is 12.1. The highest BCUT2D eigenvalue weighted by Gasteiger charge is 2.47. The van der Waals surface area contributed by atoms with Gasteiger partial charge in [-0.3, -0.25) is 9.20 Å². The monoisotopic (exact) mass is 293 g/mol. The second-order valence-corrected chi connectivity index (χ2v) is 6.97. The van der Waals surface area contributed by atoms with Gasteiger partial charge in [-0.2, -0.15) is 0 Å². The van der Waals surface area contributed by atoms with Gasteiger partial charge < -0.3 is 10.4 Å². The Labute approximate surface area is 121 Å². The van der Waals surface area contributed by atoms with E-state index in [2.05, 4.69) is 10.3 Å². The highest BCUT2D eigenvalue weighted by atomic mass is 32.1. The third-order valence-corrected chi connectivity index (χ3v) is 5.19. The molecule has 3 rings (SSSR count). The van der Waals surface area contributed by atoms with E-state index in [4.69, 9.17) is 0 Å². The van der Waals surface area contributed by atoms with Gasteiger partial charge in [0.1, 0.15) is 0 Å². The van der Waals surface area contributed by atoms with Crippen molar-refractivity contribution in [3.8, 4) is 0 Å². The Morgan fingerprint density at radius 1 is 1.65 bits per heavy atom. The first-order chi connectivity index (χ1) is 9.38. The summed E-state index contributed by atoms with van der Waals surface area (Å²) in [6.07, 6.45) is 2.61. The van der Waals surface area contributed by atoms with E-state index in [1.165, 1.54) is 0 Å². The van der Waals surface area contributed by atoms with Crippen LogP contribution in [0.25, 0.3) is 4.96 Å². The Morgan fingerprint density at radius 3 is 3.05 bits per heavy atom. The molecular formula is C14H19N3O2S. The lowest BCUT2D eigenvalue weighted by Crippen LogP contribution is -2.61. The van der Waals surface area contributed by atoms with Gasteiger partial charge in [0.25, 0.3) is 0 Å². The lowest BCUT2D eigenvalue weighted by Gasteiger charge is -2.49. The summed E-state index contributed by atoms with van der Waals surface area (Å²) in [5.41, 5.74) is 1.69. The molecule has 1 fully saturated rings. The van der Waals surface area contributed by atoms with Crippen LogP contribution >= 0.6 is 11.3 Å². The number of hydrogen-bond acceptors (Lipinski definition) is 4. The third kappa shape index (κ3) is 2.13. The number of nitrogens with one attached hydrogen (secondary N) is 1. The fourth-order valence-corrected chi connectivity index (χ4v) is 3.54. The molecule has 0 radical (unpaired) electrons. The third-order valence-electron chi connectivity index (χ3n) is 4.30. The molecule has 0 bridgehead atoms. The molecule has 0 aliphatic heterocycles. The van der Waals surface area contributed by atoms with Gasteiger partial charge in [-0.15, -0.1) is 11.3 Å². The van der Waals surface area contributed by atoms with Crippen molar-refractivity contribution in [2.24, 2.45) is 5.41 Å². The lowest BCUT2D eigenvalue weighted by atomic mass is 9.64. The number of aromatic nitrogens is 2. The second kappa shape index (κ2) is 4.56. The fourth-order valence-electron chi connectivity index (χ4n) is 2.63. The lowest BCUT2D eigenvalue weighted by molar-refractivity contribution is -0.128. The Bertz CT molecular complexity index is 658. The standard InChI is InChI=1S/C14H19N3O2S/c1-8-6-17-9(7-20-13(17)15-8)4-12(19)16-10-5-11(18)14(10,2)3/h6-7,10-11,18H,4-5H2,1-3H3,(H,16,19). The molecule has 2 atom stereocenters. The fraction of sp³-hybridized carbons (Fsp3) is 0.571. The van der Waals surface area contributed by atoms with Crippen LogP contribution in [-0.4, -0.2) is 32.5 Å². The number of imidazole rings is 1. The number of carbonyl (C=O) groups is 1. The van der Waals surface area contributed by atoms with Crippen LogP contribution in [0.5, 0.6) is 0 Å². The van der Waals surface area contributed by atoms with Crippen molar-refractivity contribution in [1.82, 2.24) is 14.7 Å². The topological polar surface area (TPSA) is 66.6 Å². The van der Waals surface area contributed by atoms with E-state index in [0.717, 1.165) is 16.3 Å². The molecule has 2 N–H and O–H groups in total. The first kappa shape index (κ1) is 13.6. The quantitative estimate of drug-likeness (QED) is 0.901. The van der Waals surface area contributed by atoms with Crippen molar-refractivity contribution in [3.63, 3.8) is 0 Å². The van der Waals surface area contributed by atoms with Gasteiger partial charge in [0.15, 0.2) is 4.96 Å². The van der Waals surface area contributed by atoms with Crippen molar-refractivity contribution >= 4 is 22.2 Å². The number of fused-ring (bicyclic) bond motifs is 1. The summed E-state index contributed by atoms with van der Waals surface area (Å²) in [6.45, 7) is 5.91. The molecule has 0 saturated heterocycles. The summed E-state index contributed by atoms with van der Waals surface area (Å²) in [5, 5.41) is 14.7. The number of aryl methyl sites for hydroxylation is 1. The summed E-state index contributed by atoms with van der Waals surface area (Å²) < 4.78 is 1.97. The summed E-state index contributed by atoms with van der Waals surface area (Å²) >= 11 is 1.55. The Balaban J connectivity index is 1.67. The van der Waals surface area contributed by atoms with Gasteiger partial charge in [0.2, 0.25) is 5.91 Å². The van der Waals surface area contributed by atoms with Gasteiger partial charge >= 0.3 is 0 Å². The van der Waals surface area contributed by atoms with E-state index in [0.29, 0.717) is 12.8 Å². The van der Waals surface area contributed by atoms with E-state index in [1.807, 2.05) is 36.7 Å². The van der Waals surface area contributed by atoms with Gasteiger partial charge in [-0.1, -0.05) is 13.8 Å². The summed E-state index contributed by atoms with van der Waals surface area (Å²) in [7, 11) is 0. The van der Waals surface area contributed by atoms with E-state index in [-0.39, 0.29) is 23.5 Å². The van der Waals surface area contributed by atoms with Crippen molar-refractivity contribution < 1.29 is 9.90 Å². The van der Waals surface area contributed by atoms with Crippen LogP contribution in [-0.2, 0) is 11.2 Å². The van der Waals surface area contributed by atoms with Gasteiger partial charge in [0, 0.05) is 28.7 Å². The van der Waals surface area contributed by atoms with Crippen LogP contribution < -0.4 is 5.32 Å². The minimum absolute atomic E-state index is 0.000952. The molecule has 5 nitrogen and oxygen atoms in total. The SMILES string of the molecule is Cc1cn2c(CC(=O)NC3CC(O)C3(C)C)csc2n1. The Hall–Kier alpha value is -1.40. The molecule has 2 aromatic heterocycles. The number of aliphatic hydroxyl groups excluding tert-OH is 1. The van der Waals surface area contributed by atoms with Crippen LogP contribution in [0, 0.1) is 12.3 Å². The average Bonchev–Trinajstić information content (AvgIpc) is 2.90. The molecule has 0 aromatic carbocycles. The van der Waals surface area contributed by atoms with Gasteiger partial charge in [0.05, 0.1) is 18.2 Å². The molecular weight excluding hydrogens is 274 g/mol. The number of nitrogens with zero attached hydrogens (tertiary/aromatic N) is 2. The van der Waals surface area contributed by atoms with Crippen LogP contribution in [0.3, 0.4) is 0 Å². The largest absolute Gasteiger partial charge is 0.392 e. The predicted octanol–water partition coefficient (Wildman–Crippen LogP) is 1.52. The Morgan fingerprint density at radius 2 is 2.40 bits per heavy atom. The minimum atomic E-state index is -0.322. The van der Waals surface area contributed by atoms with E-state index in [1.54, 1.807) is 11.3 Å². The number of aliphatic hydroxyl groups is 1. The van der Waals surface area contributed by atoms with Crippen molar-refractivity contribution in [1.29, 1.82) is 0 Å². The number of thiazole rings is 1. The molecule has 6 heteroatoms. The summed E-state index contributed by atoms with van der Waals surface area (Å²) in [6, 6.07) is 0.0589. The molecule has 2 heterocycles. The number of carbonyl (C=O) groups excluding carboxylic acids is 1. The molecule has 1 amide bonds. The minimum Gasteiger partial charge on any atom is -0.392 e. The van der Waals surface area contributed by atoms with Crippen LogP contribution in [0.15, 0.2) is 11.6 Å². The predicted molar refractivity (Wildman–Crippen MR) is 77.8 cm³/mol. The number of hydrogen-bond donors (Lipinski definition) is 2. The molecule has 1 aliphatic carbocycles. The first-order valence-electron chi connectivity index (χ1n) is 6.77. The van der Waals surface area contributed by atoms with Crippen LogP contribution in [0.4, 0.5) is 0 Å². The number of amides is 1. The van der Waals surface area contributed by atoms with E-state index < -0.39 is 0 Å². The van der Waals surface area contributed by atoms with Gasteiger partial charge in [-0.25, -0.2) is 4.98 Å². The maximum absolute atomic E-state index is 12.1. The zero-order valence-electron chi connectivity index (χ0n) is 11.9. The maximum Gasteiger partial charge on any atom is 0.226 e. The molecule has 1 saturated carbocycles. The molecule has 108 valence electrons. The summed E-state index contributed by atoms with van der Waals surface area (Å²) in [5.74, 6) is 0.000952.